The molecule has 1 aromatic carbocycles. The minimum absolute atomic E-state index is 0.0162. The highest BCUT2D eigenvalue weighted by Crippen LogP contribution is 2.65. The number of piperidine rings is 1. The van der Waals surface area contributed by atoms with E-state index in [2.05, 4.69) is 24.5 Å². The van der Waals surface area contributed by atoms with Crippen LogP contribution >= 0.6 is 0 Å². The van der Waals surface area contributed by atoms with Gasteiger partial charge in [-0.1, -0.05) is 44.2 Å². The van der Waals surface area contributed by atoms with Gasteiger partial charge in [-0.05, 0) is 49.5 Å². The molecule has 2 saturated heterocycles. The first-order valence-corrected chi connectivity index (χ1v) is 11.5. The largest absolute Gasteiger partial charge is 0.356 e. The zero-order chi connectivity index (χ0) is 23.3. The predicted octanol–water partition coefficient (Wildman–Crippen LogP) is 1.66. The maximum Gasteiger partial charge on any atom is 0.243 e. The lowest BCUT2D eigenvalue weighted by molar-refractivity contribution is -0.144. The minimum atomic E-state index is -0.771. The van der Waals surface area contributed by atoms with Crippen LogP contribution in [0.3, 0.4) is 0 Å². The van der Waals surface area contributed by atoms with Crippen LogP contribution < -0.4 is 10.6 Å². The van der Waals surface area contributed by atoms with Crippen molar-refractivity contribution in [3.8, 4) is 0 Å². The van der Waals surface area contributed by atoms with Crippen molar-refractivity contribution in [2.45, 2.75) is 58.0 Å². The Labute approximate surface area is 189 Å². The van der Waals surface area contributed by atoms with Crippen LogP contribution in [0.15, 0.2) is 30.3 Å². The summed E-state index contributed by atoms with van der Waals surface area (Å²) in [5.74, 6) is -0.379. The van der Waals surface area contributed by atoms with Crippen molar-refractivity contribution in [2.75, 3.05) is 13.1 Å². The molecule has 172 valence electrons. The first kappa shape index (κ1) is 22.5. The number of carbonyl (C=O) groups is 4. The highest BCUT2D eigenvalue weighted by molar-refractivity contribution is 5.95. The summed E-state index contributed by atoms with van der Waals surface area (Å²) >= 11 is 0. The first-order chi connectivity index (χ1) is 15.1. The molecule has 5 atom stereocenters. The third kappa shape index (κ3) is 3.71. The van der Waals surface area contributed by atoms with Gasteiger partial charge in [-0.3, -0.25) is 14.4 Å². The summed E-state index contributed by atoms with van der Waals surface area (Å²) < 4.78 is 0. The fourth-order valence-electron chi connectivity index (χ4n) is 5.73. The molecule has 3 amide bonds. The van der Waals surface area contributed by atoms with Gasteiger partial charge in [-0.25, -0.2) is 0 Å². The number of nitrogens with zero attached hydrogens (tertiary/aromatic N) is 1. The van der Waals surface area contributed by atoms with Crippen molar-refractivity contribution in [3.63, 3.8) is 0 Å². The normalized spacial score (nSPS) is 29.1. The number of hydrogen-bond acceptors (Lipinski definition) is 4. The van der Waals surface area contributed by atoms with Crippen molar-refractivity contribution < 1.29 is 19.2 Å². The van der Waals surface area contributed by atoms with E-state index in [4.69, 9.17) is 0 Å². The highest BCUT2D eigenvalue weighted by Gasteiger charge is 2.69. The standard InChI is InChI=1S/C25H33N3O4/c1-24(2,16-8-6-5-7-9-16)23(32)28-13-18-19(25(18,3)4)20(28)22(31)27-17(14-29)12-15-10-11-26-21(15)30/h5-9,14-15,17-20H,10-13H2,1-4H3,(H,26,30)(H,27,31)/t15-,17-,18-,19-,20-/m0/s1. The number of hydrogen-bond donors (Lipinski definition) is 2. The number of likely N-dealkylation sites (tertiary alicyclic amines) is 1. The maximum absolute atomic E-state index is 13.7. The van der Waals surface area contributed by atoms with Crippen molar-refractivity contribution in [2.24, 2.45) is 23.2 Å². The average Bonchev–Trinajstić information content (AvgIpc) is 3.13. The van der Waals surface area contributed by atoms with Gasteiger partial charge in [0.25, 0.3) is 0 Å². The van der Waals surface area contributed by atoms with Gasteiger partial charge in [0, 0.05) is 19.0 Å². The number of rotatable bonds is 7. The highest BCUT2D eigenvalue weighted by atomic mass is 16.2. The fraction of sp³-hybridized carbons (Fsp3) is 0.600. The molecule has 0 radical (unpaired) electrons. The Morgan fingerprint density at radius 1 is 1.28 bits per heavy atom. The average molecular weight is 440 g/mol. The van der Waals surface area contributed by atoms with Gasteiger partial charge in [-0.15, -0.1) is 0 Å². The molecule has 32 heavy (non-hydrogen) atoms. The van der Waals surface area contributed by atoms with Crippen LogP contribution in [0.4, 0.5) is 0 Å². The van der Waals surface area contributed by atoms with Gasteiger partial charge in [0.1, 0.15) is 12.3 Å². The Morgan fingerprint density at radius 3 is 2.56 bits per heavy atom. The lowest BCUT2D eigenvalue weighted by atomic mass is 9.82. The van der Waals surface area contributed by atoms with E-state index in [9.17, 15) is 19.2 Å². The van der Waals surface area contributed by atoms with Gasteiger partial charge in [0.15, 0.2) is 0 Å². The summed E-state index contributed by atoms with van der Waals surface area (Å²) in [6.45, 7) is 9.19. The summed E-state index contributed by atoms with van der Waals surface area (Å²) in [7, 11) is 0. The maximum atomic E-state index is 13.7. The van der Waals surface area contributed by atoms with Crippen LogP contribution in [-0.2, 0) is 24.6 Å². The third-order valence-corrected chi connectivity index (χ3v) is 7.96. The van der Waals surface area contributed by atoms with E-state index in [0.29, 0.717) is 25.8 Å². The number of fused-ring (bicyclic) bond motifs is 1. The van der Waals surface area contributed by atoms with E-state index in [1.807, 2.05) is 44.2 Å². The molecule has 7 nitrogen and oxygen atoms in total. The van der Waals surface area contributed by atoms with Crippen molar-refractivity contribution in [1.29, 1.82) is 0 Å². The van der Waals surface area contributed by atoms with E-state index in [0.717, 1.165) is 5.56 Å². The van der Waals surface area contributed by atoms with Crippen LogP contribution in [0.25, 0.3) is 0 Å². The molecule has 2 heterocycles. The van der Waals surface area contributed by atoms with E-state index in [1.54, 1.807) is 4.90 Å². The minimum Gasteiger partial charge on any atom is -0.356 e. The lowest BCUT2D eigenvalue weighted by Crippen LogP contribution is -2.55. The number of aldehydes is 1. The molecule has 3 aliphatic rings. The number of carbonyl (C=O) groups excluding carboxylic acids is 4. The fourth-order valence-corrected chi connectivity index (χ4v) is 5.73. The SMILES string of the molecule is CC(C)(C(=O)N1C[C@H]2[C@@H]([C@H]1C(=O)N[C@H](C=O)C[C@@H]1CCNC1=O)C2(C)C)c1ccccc1. The molecule has 7 heteroatoms. The van der Waals surface area contributed by atoms with Gasteiger partial charge in [0.2, 0.25) is 17.7 Å². The predicted molar refractivity (Wildman–Crippen MR) is 119 cm³/mol. The van der Waals surface area contributed by atoms with Gasteiger partial charge < -0.3 is 20.3 Å². The Morgan fingerprint density at radius 2 is 1.97 bits per heavy atom. The molecule has 3 fully saturated rings. The Hall–Kier alpha value is -2.70. The van der Waals surface area contributed by atoms with Crippen LogP contribution in [-0.4, -0.2) is 54.1 Å². The second kappa shape index (κ2) is 8.01. The van der Waals surface area contributed by atoms with Gasteiger partial charge in [-0.2, -0.15) is 0 Å². The lowest BCUT2D eigenvalue weighted by Gasteiger charge is -2.36. The molecule has 0 aromatic heterocycles. The number of benzene rings is 1. The molecule has 2 N–H and O–H groups in total. The number of amides is 3. The summed E-state index contributed by atoms with van der Waals surface area (Å²) in [5.41, 5.74) is 0.117. The van der Waals surface area contributed by atoms with E-state index in [-0.39, 0.29) is 47.3 Å². The van der Waals surface area contributed by atoms with E-state index >= 15 is 0 Å². The Kier molecular flexibility index (Phi) is 5.63. The Balaban J connectivity index is 1.53. The molecule has 4 rings (SSSR count). The van der Waals surface area contributed by atoms with Gasteiger partial charge >= 0.3 is 0 Å². The summed E-state index contributed by atoms with van der Waals surface area (Å²) in [6.07, 6.45) is 1.65. The molecular weight excluding hydrogens is 406 g/mol. The van der Waals surface area contributed by atoms with Crippen molar-refractivity contribution >= 4 is 24.0 Å². The van der Waals surface area contributed by atoms with E-state index < -0.39 is 17.5 Å². The zero-order valence-corrected chi connectivity index (χ0v) is 19.3. The van der Waals surface area contributed by atoms with Gasteiger partial charge in [0.05, 0.1) is 11.5 Å². The smallest absolute Gasteiger partial charge is 0.243 e. The monoisotopic (exact) mass is 439 g/mol. The molecule has 0 bridgehead atoms. The van der Waals surface area contributed by atoms with Crippen LogP contribution in [0.5, 0.6) is 0 Å². The Bertz CT molecular complexity index is 926. The molecule has 0 unspecified atom stereocenters. The summed E-state index contributed by atoms with van der Waals surface area (Å²) in [6, 6.07) is 8.26. The second-order valence-electron chi connectivity index (χ2n) is 10.6. The van der Waals surface area contributed by atoms with Crippen molar-refractivity contribution in [3.05, 3.63) is 35.9 Å². The van der Waals surface area contributed by atoms with Crippen LogP contribution in [0.1, 0.15) is 46.1 Å². The number of nitrogens with one attached hydrogen (secondary N) is 2. The molecule has 1 aromatic rings. The van der Waals surface area contributed by atoms with Crippen LogP contribution in [0, 0.1) is 23.2 Å². The van der Waals surface area contributed by atoms with E-state index in [1.165, 1.54) is 0 Å². The molecule has 2 aliphatic heterocycles. The topological polar surface area (TPSA) is 95.6 Å². The molecule has 1 aliphatic carbocycles. The quantitative estimate of drug-likeness (QED) is 0.632. The van der Waals surface area contributed by atoms with Crippen LogP contribution in [0.2, 0.25) is 0 Å². The summed E-state index contributed by atoms with van der Waals surface area (Å²) in [5, 5.41) is 5.61. The molecule has 0 spiro atoms. The summed E-state index contributed by atoms with van der Waals surface area (Å²) in [4.78, 5) is 52.4. The zero-order valence-electron chi connectivity index (χ0n) is 19.3. The van der Waals surface area contributed by atoms with Crippen molar-refractivity contribution in [1.82, 2.24) is 15.5 Å². The molecular formula is C25H33N3O4. The second-order valence-corrected chi connectivity index (χ2v) is 10.6. The first-order valence-electron chi connectivity index (χ1n) is 11.5. The molecule has 1 saturated carbocycles. The third-order valence-electron chi connectivity index (χ3n) is 7.96.